The van der Waals surface area contributed by atoms with Crippen LogP contribution in [-0.2, 0) is 30.6 Å². The van der Waals surface area contributed by atoms with Gasteiger partial charge in [0, 0.05) is 11.4 Å². The van der Waals surface area contributed by atoms with Crippen molar-refractivity contribution < 1.29 is 9.53 Å². The molecule has 1 amide bonds. The summed E-state index contributed by atoms with van der Waals surface area (Å²) in [6.45, 7) is 0.468. The molecule has 6 nitrogen and oxygen atoms in total. The molecule has 3 aromatic rings. The number of methoxy groups -OCH3 is 1. The minimum Gasteiger partial charge on any atom is -0.496 e. The molecule has 0 spiro atoms. The molecular formula is C20H21N3O3S. The number of thiophene rings is 1. The topological polar surface area (TPSA) is 73.2 Å². The van der Waals surface area contributed by atoms with Crippen LogP contribution in [0, 0.1) is 0 Å². The molecule has 7 heteroatoms. The zero-order valence-corrected chi connectivity index (χ0v) is 16.0. The number of carbonyl (C=O) groups is 1. The van der Waals surface area contributed by atoms with Crippen molar-refractivity contribution in [2.24, 2.45) is 0 Å². The monoisotopic (exact) mass is 383 g/mol. The fourth-order valence-electron chi connectivity index (χ4n) is 3.59. The number of aryl methyl sites for hydroxylation is 2. The number of amides is 1. The normalized spacial score (nSPS) is 12.9. The van der Waals surface area contributed by atoms with Gasteiger partial charge in [-0.05, 0) is 42.9 Å². The van der Waals surface area contributed by atoms with Crippen LogP contribution in [0.5, 0.6) is 5.75 Å². The van der Waals surface area contributed by atoms with E-state index in [0.717, 1.165) is 41.0 Å². The Bertz CT molecular complexity index is 1050. The smallest absolute Gasteiger partial charge is 0.262 e. The van der Waals surface area contributed by atoms with Gasteiger partial charge in [0.25, 0.3) is 5.56 Å². The Labute approximate surface area is 160 Å². The number of hydrogen-bond donors (Lipinski definition) is 1. The second-order valence-electron chi connectivity index (χ2n) is 6.63. The number of carbonyl (C=O) groups excluding carboxylic acids is 1. The first-order chi connectivity index (χ1) is 13.2. The maximum Gasteiger partial charge on any atom is 0.262 e. The van der Waals surface area contributed by atoms with E-state index < -0.39 is 0 Å². The molecule has 27 heavy (non-hydrogen) atoms. The van der Waals surface area contributed by atoms with Gasteiger partial charge in [0.05, 0.1) is 18.8 Å². The van der Waals surface area contributed by atoms with E-state index in [9.17, 15) is 9.59 Å². The van der Waals surface area contributed by atoms with E-state index in [1.54, 1.807) is 18.4 Å². The van der Waals surface area contributed by atoms with Crippen LogP contribution in [0.15, 0.2) is 35.4 Å². The van der Waals surface area contributed by atoms with E-state index >= 15 is 0 Å². The Balaban J connectivity index is 1.42. The number of fused-ring (bicyclic) bond motifs is 3. The van der Waals surface area contributed by atoms with E-state index in [1.165, 1.54) is 15.8 Å². The third-order valence-electron chi connectivity index (χ3n) is 4.91. The molecule has 0 saturated heterocycles. The molecule has 0 atom stereocenters. The summed E-state index contributed by atoms with van der Waals surface area (Å²) in [4.78, 5) is 31.5. The molecule has 0 saturated carbocycles. The second-order valence-corrected chi connectivity index (χ2v) is 7.71. The molecule has 2 heterocycles. The Kier molecular flexibility index (Phi) is 4.94. The molecule has 1 aromatic carbocycles. The number of nitrogens with zero attached hydrogens (tertiary/aromatic N) is 2. The number of rotatable bonds is 6. The van der Waals surface area contributed by atoms with Gasteiger partial charge in [0.1, 0.15) is 17.1 Å². The van der Waals surface area contributed by atoms with E-state index in [2.05, 4.69) is 10.3 Å². The lowest BCUT2D eigenvalue weighted by molar-refractivity contribution is -0.121. The van der Waals surface area contributed by atoms with Crippen LogP contribution in [-0.4, -0.2) is 29.1 Å². The van der Waals surface area contributed by atoms with E-state index in [0.29, 0.717) is 18.4 Å². The molecular weight excluding hydrogens is 362 g/mol. The maximum absolute atomic E-state index is 12.8. The van der Waals surface area contributed by atoms with Gasteiger partial charge in [-0.3, -0.25) is 14.2 Å². The third-order valence-corrected chi connectivity index (χ3v) is 6.11. The molecule has 2 aromatic heterocycles. The quantitative estimate of drug-likeness (QED) is 0.709. The van der Waals surface area contributed by atoms with Crippen molar-refractivity contribution in [3.8, 4) is 5.75 Å². The number of nitrogens with one attached hydrogen (secondary N) is 1. The lowest BCUT2D eigenvalue weighted by Gasteiger charge is -2.10. The van der Waals surface area contributed by atoms with Gasteiger partial charge in [-0.15, -0.1) is 11.3 Å². The fraction of sp³-hybridized carbons (Fsp3) is 0.350. The summed E-state index contributed by atoms with van der Waals surface area (Å²) in [6.07, 6.45) is 5.20. The van der Waals surface area contributed by atoms with E-state index in [4.69, 9.17) is 4.74 Å². The summed E-state index contributed by atoms with van der Waals surface area (Å²) in [5.74, 6) is 0.615. The Hall–Kier alpha value is -2.67. The molecule has 0 aliphatic heterocycles. The lowest BCUT2D eigenvalue weighted by Crippen LogP contribution is -2.33. The zero-order chi connectivity index (χ0) is 18.8. The van der Waals surface area contributed by atoms with E-state index in [1.807, 2.05) is 24.3 Å². The highest BCUT2D eigenvalue weighted by molar-refractivity contribution is 7.18. The first-order valence-corrected chi connectivity index (χ1v) is 9.87. The van der Waals surface area contributed by atoms with Crippen molar-refractivity contribution in [3.63, 3.8) is 0 Å². The third kappa shape index (κ3) is 3.47. The highest BCUT2D eigenvalue weighted by Gasteiger charge is 2.21. The average molecular weight is 383 g/mol. The summed E-state index contributed by atoms with van der Waals surface area (Å²) in [6, 6.07) is 7.73. The first-order valence-electron chi connectivity index (χ1n) is 9.05. The van der Waals surface area contributed by atoms with E-state index in [-0.39, 0.29) is 18.0 Å². The van der Waals surface area contributed by atoms with Gasteiger partial charge in [-0.25, -0.2) is 4.98 Å². The average Bonchev–Trinajstić information content (AvgIpc) is 3.25. The van der Waals surface area contributed by atoms with Crippen LogP contribution in [0.25, 0.3) is 10.2 Å². The van der Waals surface area contributed by atoms with Crippen molar-refractivity contribution in [3.05, 3.63) is 57.0 Å². The van der Waals surface area contributed by atoms with Crippen LogP contribution < -0.4 is 15.6 Å². The minimum atomic E-state index is -0.194. The highest BCUT2D eigenvalue weighted by Crippen LogP contribution is 2.34. The molecule has 0 unspecified atom stereocenters. The Morgan fingerprint density at radius 3 is 3.04 bits per heavy atom. The van der Waals surface area contributed by atoms with Gasteiger partial charge in [-0.1, -0.05) is 18.2 Å². The van der Waals surface area contributed by atoms with Crippen LogP contribution in [0.4, 0.5) is 0 Å². The van der Waals surface area contributed by atoms with Crippen molar-refractivity contribution >= 4 is 27.5 Å². The van der Waals surface area contributed by atoms with Crippen molar-refractivity contribution in [1.29, 1.82) is 0 Å². The number of ether oxygens (including phenoxy) is 1. The summed E-state index contributed by atoms with van der Waals surface area (Å²) in [5, 5.41) is 3.58. The predicted octanol–water partition coefficient (Wildman–Crippen LogP) is 2.31. The number of hydrogen-bond acceptors (Lipinski definition) is 5. The van der Waals surface area contributed by atoms with Crippen molar-refractivity contribution in [2.75, 3.05) is 13.7 Å². The first kappa shape index (κ1) is 17.7. The highest BCUT2D eigenvalue weighted by atomic mass is 32.1. The standard InChI is InChI=1S/C20H21N3O3S/c1-26-15-7-3-2-5-13(15)9-10-21-17(24)11-23-12-22-19-18(20(23)25)14-6-4-8-16(14)27-19/h2-3,5,7,12H,4,6,8-11H2,1H3,(H,21,24). The molecule has 0 bridgehead atoms. The van der Waals surface area contributed by atoms with Crippen molar-refractivity contribution in [1.82, 2.24) is 14.9 Å². The maximum atomic E-state index is 12.8. The molecule has 4 rings (SSSR count). The Morgan fingerprint density at radius 1 is 1.33 bits per heavy atom. The minimum absolute atomic E-state index is 0.0156. The van der Waals surface area contributed by atoms with Crippen molar-refractivity contribution in [2.45, 2.75) is 32.2 Å². The van der Waals surface area contributed by atoms with Gasteiger partial charge >= 0.3 is 0 Å². The zero-order valence-electron chi connectivity index (χ0n) is 15.2. The second kappa shape index (κ2) is 7.52. The fourth-order valence-corrected chi connectivity index (χ4v) is 4.81. The van der Waals surface area contributed by atoms with Gasteiger partial charge in [-0.2, -0.15) is 0 Å². The molecule has 1 N–H and O–H groups in total. The van der Waals surface area contributed by atoms with Gasteiger partial charge in [0.15, 0.2) is 0 Å². The number of benzene rings is 1. The lowest BCUT2D eigenvalue weighted by atomic mass is 10.1. The molecule has 1 aliphatic carbocycles. The number of aromatic nitrogens is 2. The van der Waals surface area contributed by atoms with Gasteiger partial charge in [0.2, 0.25) is 5.91 Å². The molecule has 0 radical (unpaired) electrons. The summed E-state index contributed by atoms with van der Waals surface area (Å²) in [5.41, 5.74) is 2.06. The SMILES string of the molecule is COc1ccccc1CCNC(=O)Cn1cnc2sc3c(c2c1=O)CCC3. The van der Waals surface area contributed by atoms with Crippen LogP contribution in [0.2, 0.25) is 0 Å². The molecule has 0 fully saturated rings. The van der Waals surface area contributed by atoms with Crippen LogP contribution >= 0.6 is 11.3 Å². The molecule has 1 aliphatic rings. The predicted molar refractivity (Wildman–Crippen MR) is 106 cm³/mol. The summed E-state index contributed by atoms with van der Waals surface area (Å²) in [7, 11) is 1.63. The van der Waals surface area contributed by atoms with Crippen LogP contribution in [0.3, 0.4) is 0 Å². The summed E-state index contributed by atoms with van der Waals surface area (Å²) < 4.78 is 6.73. The number of para-hydroxylation sites is 1. The Morgan fingerprint density at radius 2 is 2.19 bits per heavy atom. The van der Waals surface area contributed by atoms with Gasteiger partial charge < -0.3 is 10.1 Å². The van der Waals surface area contributed by atoms with Crippen LogP contribution in [0.1, 0.15) is 22.4 Å². The largest absolute Gasteiger partial charge is 0.496 e. The summed E-state index contributed by atoms with van der Waals surface area (Å²) >= 11 is 1.61. The molecule has 140 valence electrons.